The van der Waals surface area contributed by atoms with E-state index in [4.69, 9.17) is 9.72 Å². The molecule has 0 saturated heterocycles. The molecule has 0 aliphatic carbocycles. The highest BCUT2D eigenvalue weighted by atomic mass is 31.1. The molecular weight excluding hydrogens is 1060 g/mol. The van der Waals surface area contributed by atoms with Crippen LogP contribution >= 0.6 is 7.92 Å². The van der Waals surface area contributed by atoms with Crippen molar-refractivity contribution in [3.05, 3.63) is 229 Å². The van der Waals surface area contributed by atoms with Crippen molar-refractivity contribution in [2.75, 3.05) is 23.1 Å². The Morgan fingerprint density at radius 2 is 0.976 bits per heavy atom. The van der Waals surface area contributed by atoms with E-state index in [2.05, 4.69) is 304 Å². The number of fused-ring (bicyclic) bond motifs is 7. The van der Waals surface area contributed by atoms with E-state index in [1.54, 1.807) is 0 Å². The first kappa shape index (κ1) is 53.9. The van der Waals surface area contributed by atoms with Gasteiger partial charge in [-0.3, -0.25) is 4.57 Å². The highest BCUT2D eigenvalue weighted by molar-refractivity contribution is 7.74. The second kappa shape index (κ2) is 19.3. The van der Waals surface area contributed by atoms with Gasteiger partial charge in [0.1, 0.15) is 24.0 Å². The normalized spacial score (nSPS) is 16.5. The molecule has 3 aliphatic rings. The average Bonchev–Trinajstić information content (AvgIpc) is 1.50. The quantitative estimate of drug-likeness (QED) is 0.118. The number of pyridine rings is 1. The van der Waals surface area contributed by atoms with Crippen LogP contribution in [0.15, 0.2) is 206 Å². The molecule has 0 fully saturated rings. The van der Waals surface area contributed by atoms with Gasteiger partial charge in [0.2, 0.25) is 0 Å². The van der Waals surface area contributed by atoms with Gasteiger partial charge < -0.3 is 14.5 Å². The van der Waals surface area contributed by atoms with Crippen LogP contribution in [0.2, 0.25) is 0 Å². The highest BCUT2D eigenvalue weighted by Crippen LogP contribution is 2.53. The molecule has 0 unspecified atom stereocenters. The molecule has 9 aromatic carbocycles. The van der Waals surface area contributed by atoms with Gasteiger partial charge in [-0.15, -0.1) is 0 Å². The minimum atomic E-state index is -2.89. The van der Waals surface area contributed by atoms with Gasteiger partial charge in [-0.2, -0.15) is 0 Å². The highest BCUT2D eigenvalue weighted by Gasteiger charge is 2.53. The molecular formula is C77H75N4OPSi. The van der Waals surface area contributed by atoms with E-state index in [1.807, 2.05) is 6.20 Å². The van der Waals surface area contributed by atoms with E-state index in [9.17, 15) is 0 Å². The van der Waals surface area contributed by atoms with Crippen LogP contribution in [0.25, 0.3) is 49.9 Å². The molecule has 11 aromatic rings. The van der Waals surface area contributed by atoms with Gasteiger partial charge in [0, 0.05) is 45.9 Å². The molecule has 2 aromatic heterocycles. The topological polar surface area (TPSA) is 33.5 Å². The van der Waals surface area contributed by atoms with Gasteiger partial charge in [0.15, 0.2) is 8.07 Å². The van der Waals surface area contributed by atoms with Crippen LogP contribution in [0.4, 0.5) is 22.7 Å². The lowest BCUT2D eigenvalue weighted by Crippen LogP contribution is -2.79. The number of hydrogen-bond donors (Lipinski definition) is 0. The van der Waals surface area contributed by atoms with Gasteiger partial charge in [0.05, 0.1) is 28.1 Å². The Bertz CT molecular complexity index is 4390. The average molecular weight is 1130 g/mol. The molecule has 3 aliphatic heterocycles. The maximum Gasteiger partial charge on any atom is 0.182 e. The number of ether oxygens (including phenoxy) is 1. The molecule has 0 N–H and O–H groups in total. The van der Waals surface area contributed by atoms with Crippen molar-refractivity contribution in [2.45, 2.75) is 105 Å². The van der Waals surface area contributed by atoms with Crippen LogP contribution in [-0.2, 0) is 21.7 Å². The van der Waals surface area contributed by atoms with Gasteiger partial charge in [-0.25, -0.2) is 4.98 Å². The summed E-state index contributed by atoms with van der Waals surface area (Å²) in [6.07, 6.45) is 1.98. The number of rotatable bonds is 7. The molecule has 84 heavy (non-hydrogen) atoms. The van der Waals surface area contributed by atoms with Gasteiger partial charge in [0.25, 0.3) is 0 Å². The Labute approximate surface area is 499 Å². The largest absolute Gasteiger partial charge is 0.457 e. The molecule has 14 rings (SSSR count). The van der Waals surface area contributed by atoms with Gasteiger partial charge >= 0.3 is 0 Å². The fraction of sp³-hybridized carbons (Fsp3) is 0.234. The maximum atomic E-state index is 7.44. The maximum absolute atomic E-state index is 7.44. The Kier molecular flexibility index (Phi) is 12.4. The van der Waals surface area contributed by atoms with Crippen molar-refractivity contribution < 1.29 is 4.74 Å². The SMILES string of the molecule is CP1c2ccccc2[Si]2(c3ccccc31)c1cccc3c1c1c2cc(Oc2cccc(N4CN(c5c(-c6ccccc6)cc(C(C)(C)C)cc5-c5cc(C(C)(C)C)cc(C(C)(C)C)c5)c5ccccc54)c2)cc1n3-c1cc(C(C)(C)C)ccn1. The molecule has 0 saturated carbocycles. The second-order valence-corrected chi connectivity index (χ2v) is 33.6. The number of hydrogen-bond acceptors (Lipinski definition) is 4. The summed E-state index contributed by atoms with van der Waals surface area (Å²) in [5, 5.41) is 11.5. The lowest BCUT2D eigenvalue weighted by molar-refractivity contribution is 0.484. The van der Waals surface area contributed by atoms with Crippen LogP contribution < -0.4 is 45.9 Å². The zero-order chi connectivity index (χ0) is 58.4. The molecule has 5 nitrogen and oxygen atoms in total. The van der Waals surface area contributed by atoms with Crippen LogP contribution in [0.1, 0.15) is 105 Å². The van der Waals surface area contributed by atoms with Gasteiger partial charge in [-0.05, 0) is 162 Å². The van der Waals surface area contributed by atoms with E-state index in [0.29, 0.717) is 6.67 Å². The summed E-state index contributed by atoms with van der Waals surface area (Å²) < 4.78 is 9.85. The number of nitrogens with zero attached hydrogens (tertiary/aromatic N) is 4. The zero-order valence-electron chi connectivity index (χ0n) is 51.0. The molecule has 0 amide bonds. The first-order chi connectivity index (χ1) is 40.1. The number of anilines is 4. The molecule has 0 radical (unpaired) electrons. The molecule has 5 heterocycles. The Balaban J connectivity index is 0.940. The van der Waals surface area contributed by atoms with Crippen molar-refractivity contribution in [2.24, 2.45) is 0 Å². The smallest absolute Gasteiger partial charge is 0.182 e. The van der Waals surface area contributed by atoms with E-state index in [-0.39, 0.29) is 21.7 Å². The van der Waals surface area contributed by atoms with Crippen molar-refractivity contribution in [1.82, 2.24) is 9.55 Å². The minimum absolute atomic E-state index is 0.0554. The van der Waals surface area contributed by atoms with Crippen molar-refractivity contribution in [1.29, 1.82) is 0 Å². The van der Waals surface area contributed by atoms with Crippen LogP contribution in [0.3, 0.4) is 0 Å². The number of aromatic nitrogens is 2. The summed E-state index contributed by atoms with van der Waals surface area (Å²) in [6.45, 7) is 31.0. The molecule has 7 heteroatoms. The third kappa shape index (κ3) is 8.52. The summed E-state index contributed by atoms with van der Waals surface area (Å²) >= 11 is 0. The lowest BCUT2D eigenvalue weighted by Gasteiger charge is -2.41. The lowest BCUT2D eigenvalue weighted by atomic mass is 9.77. The Morgan fingerprint density at radius 3 is 1.62 bits per heavy atom. The summed E-state index contributed by atoms with van der Waals surface area (Å²) in [5.41, 5.74) is 16.7. The summed E-state index contributed by atoms with van der Waals surface area (Å²) in [5.74, 6) is 2.53. The summed E-state index contributed by atoms with van der Waals surface area (Å²) in [4.78, 5) is 10.2. The predicted octanol–water partition coefficient (Wildman–Crippen LogP) is 16.8. The fourth-order valence-corrected chi connectivity index (χ4v) is 22.9. The number of para-hydroxylation sites is 2. The molecule has 0 atom stereocenters. The second-order valence-electron chi connectivity index (χ2n) is 27.8. The minimum Gasteiger partial charge on any atom is -0.457 e. The Hall–Kier alpha value is -8.02. The van der Waals surface area contributed by atoms with E-state index in [0.717, 1.165) is 39.9 Å². The monoisotopic (exact) mass is 1130 g/mol. The van der Waals surface area contributed by atoms with Crippen LogP contribution in [0, 0.1) is 0 Å². The zero-order valence-corrected chi connectivity index (χ0v) is 52.9. The van der Waals surface area contributed by atoms with Gasteiger partial charge in [-0.1, -0.05) is 210 Å². The van der Waals surface area contributed by atoms with E-state index in [1.165, 1.54) is 97.8 Å². The summed E-state index contributed by atoms with van der Waals surface area (Å²) in [6, 6.07) is 76.1. The third-order valence-electron chi connectivity index (χ3n) is 18.3. The van der Waals surface area contributed by atoms with Crippen molar-refractivity contribution in [3.63, 3.8) is 0 Å². The van der Waals surface area contributed by atoms with Crippen LogP contribution in [0.5, 0.6) is 11.5 Å². The number of benzene rings is 9. The first-order valence-electron chi connectivity index (χ1n) is 29.9. The van der Waals surface area contributed by atoms with E-state index >= 15 is 0 Å². The van der Waals surface area contributed by atoms with Crippen molar-refractivity contribution in [3.8, 4) is 39.6 Å². The fourth-order valence-electron chi connectivity index (χ4n) is 13.8. The molecule has 0 bridgehead atoms. The molecule has 418 valence electrons. The van der Waals surface area contributed by atoms with Crippen LogP contribution in [-0.4, -0.2) is 31.0 Å². The first-order valence-corrected chi connectivity index (χ1v) is 33.7. The van der Waals surface area contributed by atoms with Crippen molar-refractivity contribution >= 4 is 91.9 Å². The van der Waals surface area contributed by atoms with E-state index < -0.39 is 16.0 Å². The summed E-state index contributed by atoms with van der Waals surface area (Å²) in [7, 11) is -3.45. The Morgan fingerprint density at radius 1 is 0.429 bits per heavy atom. The molecule has 1 spiro atoms. The third-order valence-corrected chi connectivity index (χ3v) is 25.8. The predicted molar refractivity (Wildman–Crippen MR) is 362 cm³/mol. The standard InChI is InChI=1S/C77H75N4OPSi/c1-74(2,3)51-37-38-78-70(44-51)81-62-31-24-36-68-71(62)72-63(81)46-57(47-69(72)84(68)66-34-21-19-32-64(66)83(13)65-33-20-22-35-67(65)84)82-56-28-23-27-55(45-56)79-48-80(61-30-18-17-29-60(61)79)73-58(49-25-15-14-16-26-49)42-54(77(10,11)12)43-59(73)50-39-52(75(4,5)6)41-53(40-50)76(7,8)9/h14-47H,48H2,1-13H3.